The molecule has 0 bridgehead atoms. The van der Waals surface area contributed by atoms with E-state index in [2.05, 4.69) is 10.6 Å². The second-order valence-electron chi connectivity index (χ2n) is 4.97. The van der Waals surface area contributed by atoms with Crippen LogP contribution in [-0.4, -0.2) is 32.1 Å². The largest absolute Gasteiger partial charge is 0.465 e. The molecular weight excluding hydrogens is 324 g/mol. The van der Waals surface area contributed by atoms with E-state index >= 15 is 0 Å². The van der Waals surface area contributed by atoms with Crippen molar-refractivity contribution in [2.45, 2.75) is 6.10 Å². The molecule has 2 rings (SSSR count). The van der Waals surface area contributed by atoms with Crippen LogP contribution in [0, 0.1) is 0 Å². The van der Waals surface area contributed by atoms with Gasteiger partial charge in [-0.05, 0) is 12.1 Å². The molecule has 25 heavy (non-hydrogen) atoms. The van der Waals surface area contributed by atoms with Gasteiger partial charge in [-0.3, -0.25) is 4.79 Å². The Labute approximate surface area is 144 Å². The van der Waals surface area contributed by atoms with E-state index in [-0.39, 0.29) is 11.3 Å². The lowest BCUT2D eigenvalue weighted by molar-refractivity contribution is -0.124. The number of carbonyl (C=O) groups is 3. The lowest BCUT2D eigenvalue weighted by Gasteiger charge is -2.18. The molecule has 7 heteroatoms. The van der Waals surface area contributed by atoms with Crippen molar-refractivity contribution in [3.8, 4) is 0 Å². The van der Waals surface area contributed by atoms with E-state index in [0.29, 0.717) is 5.56 Å². The molecule has 0 aliphatic carbocycles. The molecule has 2 amide bonds. The van der Waals surface area contributed by atoms with Crippen molar-refractivity contribution in [2.75, 3.05) is 19.5 Å². The Morgan fingerprint density at radius 2 is 1.60 bits per heavy atom. The number of ether oxygens (including phenoxy) is 2. The highest BCUT2D eigenvalue weighted by Crippen LogP contribution is 2.22. The molecule has 7 nitrogen and oxygen atoms in total. The Bertz CT molecular complexity index is 761. The number of nitrogens with one attached hydrogen (secondary N) is 2. The monoisotopic (exact) mass is 342 g/mol. The van der Waals surface area contributed by atoms with Crippen LogP contribution < -0.4 is 10.6 Å². The number of hydrogen-bond donors (Lipinski definition) is 2. The van der Waals surface area contributed by atoms with Gasteiger partial charge in [0.15, 0.2) is 0 Å². The van der Waals surface area contributed by atoms with Crippen molar-refractivity contribution < 1.29 is 23.9 Å². The van der Waals surface area contributed by atoms with Gasteiger partial charge in [-0.1, -0.05) is 42.5 Å². The van der Waals surface area contributed by atoms with Gasteiger partial charge in [0.25, 0.3) is 5.91 Å². The molecule has 0 heterocycles. The fourth-order valence-electron chi connectivity index (χ4n) is 2.15. The predicted octanol–water partition coefficient (Wildman–Crippen LogP) is 2.51. The van der Waals surface area contributed by atoms with E-state index in [1.54, 1.807) is 48.5 Å². The second-order valence-corrected chi connectivity index (χ2v) is 4.97. The van der Waals surface area contributed by atoms with Crippen LogP contribution in [-0.2, 0) is 14.3 Å². The third-order valence-corrected chi connectivity index (χ3v) is 3.36. The van der Waals surface area contributed by atoms with Gasteiger partial charge < -0.3 is 20.1 Å². The number of methoxy groups -OCH3 is 1. The molecule has 0 fully saturated rings. The first-order valence-corrected chi connectivity index (χ1v) is 7.48. The van der Waals surface area contributed by atoms with Crippen LogP contribution in [0.1, 0.15) is 22.0 Å². The summed E-state index contributed by atoms with van der Waals surface area (Å²) in [5.74, 6) is -1.18. The Kier molecular flexibility index (Phi) is 6.11. The van der Waals surface area contributed by atoms with Gasteiger partial charge in [-0.2, -0.15) is 0 Å². The van der Waals surface area contributed by atoms with Crippen molar-refractivity contribution in [3.63, 3.8) is 0 Å². The van der Waals surface area contributed by atoms with E-state index in [9.17, 15) is 14.4 Å². The van der Waals surface area contributed by atoms with Crippen LogP contribution >= 0.6 is 0 Å². The minimum Gasteiger partial charge on any atom is -0.465 e. The maximum atomic E-state index is 12.7. The zero-order valence-electron chi connectivity index (χ0n) is 13.8. The average Bonchev–Trinajstić information content (AvgIpc) is 2.66. The molecule has 2 aromatic rings. The number of alkyl carbamates (subject to hydrolysis) is 1. The summed E-state index contributed by atoms with van der Waals surface area (Å²) in [6, 6.07) is 15.0. The molecule has 0 spiro atoms. The third kappa shape index (κ3) is 4.57. The smallest absolute Gasteiger partial charge is 0.408 e. The first-order chi connectivity index (χ1) is 12.1. The van der Waals surface area contributed by atoms with Crippen LogP contribution in [0.4, 0.5) is 10.5 Å². The minimum absolute atomic E-state index is 0.199. The van der Waals surface area contributed by atoms with Crippen molar-refractivity contribution in [1.82, 2.24) is 5.32 Å². The normalized spacial score (nSPS) is 11.1. The van der Waals surface area contributed by atoms with E-state index < -0.39 is 24.1 Å². The average molecular weight is 342 g/mol. The summed E-state index contributed by atoms with van der Waals surface area (Å²) in [5.41, 5.74) is 0.963. The standard InChI is InChI=1S/C18H18N2O5/c1-19-18(23)25-15(12-8-4-3-5-9-12)16(21)20-14-11-7-6-10-13(14)17(22)24-2/h3-11,15H,1-2H3,(H,19,23)(H,20,21). The maximum Gasteiger partial charge on any atom is 0.408 e. The Balaban J connectivity index is 2.29. The zero-order valence-corrected chi connectivity index (χ0v) is 13.8. The molecule has 1 atom stereocenters. The Morgan fingerprint density at radius 3 is 2.24 bits per heavy atom. The molecule has 2 N–H and O–H groups in total. The summed E-state index contributed by atoms with van der Waals surface area (Å²) in [4.78, 5) is 36.1. The predicted molar refractivity (Wildman–Crippen MR) is 91.1 cm³/mol. The summed E-state index contributed by atoms with van der Waals surface area (Å²) in [6.07, 6.45) is -1.92. The first-order valence-electron chi connectivity index (χ1n) is 7.48. The SMILES string of the molecule is CNC(=O)OC(C(=O)Nc1ccccc1C(=O)OC)c1ccccc1. The van der Waals surface area contributed by atoms with Crippen LogP contribution in [0.5, 0.6) is 0 Å². The molecule has 2 aromatic carbocycles. The number of esters is 1. The minimum atomic E-state index is -1.17. The van der Waals surface area contributed by atoms with E-state index in [4.69, 9.17) is 9.47 Å². The summed E-state index contributed by atoms with van der Waals surface area (Å²) >= 11 is 0. The molecule has 0 aromatic heterocycles. The molecule has 0 saturated carbocycles. The number of amides is 2. The van der Waals surface area contributed by atoms with Crippen LogP contribution in [0.15, 0.2) is 54.6 Å². The summed E-state index contributed by atoms with van der Waals surface area (Å²) < 4.78 is 9.87. The van der Waals surface area contributed by atoms with Crippen molar-refractivity contribution in [3.05, 3.63) is 65.7 Å². The third-order valence-electron chi connectivity index (χ3n) is 3.36. The first kappa shape index (κ1) is 18.0. The van der Waals surface area contributed by atoms with E-state index in [1.165, 1.54) is 20.2 Å². The maximum absolute atomic E-state index is 12.7. The summed E-state index contributed by atoms with van der Waals surface area (Å²) in [6.45, 7) is 0. The van der Waals surface area contributed by atoms with Gasteiger partial charge >= 0.3 is 12.1 Å². The van der Waals surface area contributed by atoms with Crippen LogP contribution in [0.3, 0.4) is 0 Å². The topological polar surface area (TPSA) is 93.7 Å². The van der Waals surface area contributed by atoms with E-state index in [1.807, 2.05) is 0 Å². The molecule has 1 unspecified atom stereocenters. The van der Waals surface area contributed by atoms with Crippen LogP contribution in [0.2, 0.25) is 0 Å². The van der Waals surface area contributed by atoms with Crippen molar-refractivity contribution in [2.24, 2.45) is 0 Å². The van der Waals surface area contributed by atoms with Crippen molar-refractivity contribution in [1.29, 1.82) is 0 Å². The highest BCUT2D eigenvalue weighted by atomic mass is 16.6. The van der Waals surface area contributed by atoms with Gasteiger partial charge in [0.05, 0.1) is 18.4 Å². The number of carbonyl (C=O) groups excluding carboxylic acids is 3. The number of para-hydroxylation sites is 1. The second kappa shape index (κ2) is 8.49. The van der Waals surface area contributed by atoms with E-state index in [0.717, 1.165) is 0 Å². The lowest BCUT2D eigenvalue weighted by Crippen LogP contribution is -2.30. The van der Waals surface area contributed by atoms with Crippen LogP contribution in [0.25, 0.3) is 0 Å². The highest BCUT2D eigenvalue weighted by molar-refractivity contribution is 6.03. The molecule has 0 saturated heterocycles. The summed E-state index contributed by atoms with van der Waals surface area (Å²) in [7, 11) is 2.65. The lowest BCUT2D eigenvalue weighted by atomic mass is 10.1. The van der Waals surface area contributed by atoms with Gasteiger partial charge in [0.1, 0.15) is 0 Å². The Morgan fingerprint density at radius 1 is 0.960 bits per heavy atom. The van der Waals surface area contributed by atoms with Gasteiger partial charge in [0, 0.05) is 12.6 Å². The Hall–Kier alpha value is -3.35. The van der Waals surface area contributed by atoms with Gasteiger partial charge in [-0.15, -0.1) is 0 Å². The number of benzene rings is 2. The molecular formula is C18H18N2O5. The molecule has 0 aliphatic heterocycles. The number of hydrogen-bond acceptors (Lipinski definition) is 5. The number of anilines is 1. The highest BCUT2D eigenvalue weighted by Gasteiger charge is 2.26. The number of rotatable bonds is 5. The quantitative estimate of drug-likeness (QED) is 0.814. The van der Waals surface area contributed by atoms with Gasteiger partial charge in [0.2, 0.25) is 6.10 Å². The molecule has 130 valence electrons. The fraction of sp³-hybridized carbons (Fsp3) is 0.167. The van der Waals surface area contributed by atoms with Gasteiger partial charge in [-0.25, -0.2) is 9.59 Å². The molecule has 0 radical (unpaired) electrons. The summed E-state index contributed by atoms with van der Waals surface area (Å²) in [5, 5.41) is 4.92. The zero-order chi connectivity index (χ0) is 18.2. The van der Waals surface area contributed by atoms with Crippen molar-refractivity contribution >= 4 is 23.7 Å². The molecule has 0 aliphatic rings. The fourth-order valence-corrected chi connectivity index (χ4v) is 2.15.